The molecule has 4 aromatic rings. The molecule has 4 aliphatic heterocycles. The number of carbonyl (C=O) groups is 2. The molecule has 5 heterocycles. The van der Waals surface area contributed by atoms with E-state index >= 15 is 4.39 Å². The van der Waals surface area contributed by atoms with Crippen molar-refractivity contribution in [2.75, 3.05) is 118 Å². The van der Waals surface area contributed by atoms with E-state index < -0.39 is 17.6 Å². The van der Waals surface area contributed by atoms with Crippen molar-refractivity contribution in [3.8, 4) is 5.75 Å². The number of aromatic amines is 1. The lowest BCUT2D eigenvalue weighted by Crippen LogP contribution is -2.55. The van der Waals surface area contributed by atoms with Gasteiger partial charge in [-0.05, 0) is 107 Å². The average Bonchev–Trinajstić information content (AvgIpc) is 3.34. The van der Waals surface area contributed by atoms with E-state index in [-0.39, 0.29) is 29.0 Å². The molecule has 2 N–H and O–H groups in total. The van der Waals surface area contributed by atoms with Gasteiger partial charge in [-0.3, -0.25) is 24.3 Å². The Kier molecular flexibility index (Phi) is 16.8. The maximum absolute atomic E-state index is 15.1. The van der Waals surface area contributed by atoms with Crippen molar-refractivity contribution in [2.24, 2.45) is 5.92 Å². The van der Waals surface area contributed by atoms with Crippen LogP contribution in [0, 0.1) is 11.7 Å². The number of aliphatic hydroxyl groups is 1. The molecule has 4 aliphatic rings. The zero-order chi connectivity index (χ0) is 47.6. The summed E-state index contributed by atoms with van der Waals surface area (Å²) in [6, 6.07) is 20.0. The number of rotatable bonds is 16. The number of H-pyrrole nitrogens is 1. The van der Waals surface area contributed by atoms with E-state index in [2.05, 4.69) is 37.0 Å². The number of nitrogens with zero attached hydrogens (tertiary/aromatic N) is 7. The van der Waals surface area contributed by atoms with Gasteiger partial charge >= 0.3 is 6.09 Å². The first-order valence-electron chi connectivity index (χ1n) is 24.8. The highest BCUT2D eigenvalue weighted by atomic mass is 19.1. The molecular weight excluding hydrogens is 868 g/mol. The standard InChI is InChI=1S/C52H71FN8O7/c1-52(2,3)68-51(65)61-17-7-9-41(36-61)40-8-6-10-42(34-40)67-31-30-66-29-28-56-20-22-58(23-21-56)35-38-15-18-57(19-16-38)37-48(62)59-24-26-60(27-25-59)50(64)45-32-39(13-14-46(45)53)33-47-43-11-4-5-12-44(43)49(63)55-54-47/h4-6,8,10-14,32,34,38,41,48,62H,7,9,15-31,33,35-37H2,1-3H3,(H,55,63). The summed E-state index contributed by atoms with van der Waals surface area (Å²) in [6.45, 7) is 19.3. The summed E-state index contributed by atoms with van der Waals surface area (Å²) in [5, 5.41) is 19.3. The Morgan fingerprint density at radius 1 is 0.809 bits per heavy atom. The summed E-state index contributed by atoms with van der Waals surface area (Å²) in [4.78, 5) is 51.5. The minimum atomic E-state index is -0.627. The topological polar surface area (TPSA) is 147 Å². The molecule has 2 amide bonds. The third-order valence-corrected chi connectivity index (χ3v) is 14.0. The van der Waals surface area contributed by atoms with Crippen molar-refractivity contribution >= 4 is 22.8 Å². The molecule has 4 fully saturated rings. The number of nitrogens with one attached hydrogen (secondary N) is 1. The number of aromatic nitrogens is 2. The number of ether oxygens (including phenoxy) is 3. The van der Waals surface area contributed by atoms with Crippen LogP contribution in [0.4, 0.5) is 9.18 Å². The van der Waals surface area contributed by atoms with E-state index in [9.17, 15) is 19.5 Å². The Balaban J connectivity index is 0.673. The average molecular weight is 939 g/mol. The molecule has 1 aromatic heterocycles. The number of likely N-dealkylation sites (tertiary alicyclic amines) is 2. The molecule has 0 radical (unpaired) electrons. The fraction of sp³-hybridized carbons (Fsp3) is 0.577. The molecule has 68 heavy (non-hydrogen) atoms. The molecule has 2 atom stereocenters. The highest BCUT2D eigenvalue weighted by Crippen LogP contribution is 2.30. The fourth-order valence-corrected chi connectivity index (χ4v) is 10.1. The Bertz CT molecular complexity index is 2350. The zero-order valence-electron chi connectivity index (χ0n) is 40.3. The second kappa shape index (κ2) is 23.1. The maximum atomic E-state index is 15.1. The van der Waals surface area contributed by atoms with Crippen molar-refractivity contribution in [2.45, 2.75) is 70.6 Å². The number of hydrogen-bond acceptors (Lipinski definition) is 12. The van der Waals surface area contributed by atoms with Gasteiger partial charge in [-0.1, -0.05) is 36.4 Å². The number of hydrogen-bond donors (Lipinski definition) is 2. The van der Waals surface area contributed by atoms with Gasteiger partial charge in [-0.15, -0.1) is 0 Å². The minimum Gasteiger partial charge on any atom is -0.491 e. The number of piperazine rings is 2. The van der Waals surface area contributed by atoms with Crippen LogP contribution in [-0.2, 0) is 15.9 Å². The van der Waals surface area contributed by atoms with Gasteiger partial charge in [0, 0.05) is 103 Å². The Hall–Kier alpha value is -4.97. The quantitative estimate of drug-likeness (QED) is 0.141. The lowest BCUT2D eigenvalue weighted by molar-refractivity contribution is -0.0456. The van der Waals surface area contributed by atoms with Crippen molar-refractivity contribution in [1.82, 2.24) is 39.6 Å². The molecule has 2 unspecified atom stereocenters. The Labute approximate surface area is 400 Å². The minimum absolute atomic E-state index is 0.0177. The maximum Gasteiger partial charge on any atom is 0.410 e. The number of fused-ring (bicyclic) bond motifs is 1. The summed E-state index contributed by atoms with van der Waals surface area (Å²) in [7, 11) is 0. The third-order valence-electron chi connectivity index (χ3n) is 14.0. The molecular formula is C52H71FN8O7. The van der Waals surface area contributed by atoms with Gasteiger partial charge in [0.2, 0.25) is 0 Å². The molecule has 0 aliphatic carbocycles. The van der Waals surface area contributed by atoms with Crippen LogP contribution < -0.4 is 10.3 Å². The highest BCUT2D eigenvalue weighted by molar-refractivity contribution is 5.95. The lowest BCUT2D eigenvalue weighted by Gasteiger charge is -2.41. The van der Waals surface area contributed by atoms with Crippen molar-refractivity contribution in [1.29, 1.82) is 0 Å². The van der Waals surface area contributed by atoms with Crippen molar-refractivity contribution < 1.29 is 33.3 Å². The van der Waals surface area contributed by atoms with Crippen LogP contribution in [0.3, 0.4) is 0 Å². The summed E-state index contributed by atoms with van der Waals surface area (Å²) in [5.41, 5.74) is 1.80. The largest absolute Gasteiger partial charge is 0.491 e. The van der Waals surface area contributed by atoms with Crippen LogP contribution in [0.25, 0.3) is 10.8 Å². The van der Waals surface area contributed by atoms with Crippen molar-refractivity contribution in [3.63, 3.8) is 0 Å². The molecule has 15 nitrogen and oxygen atoms in total. The smallest absolute Gasteiger partial charge is 0.410 e. The first kappa shape index (κ1) is 49.5. The normalized spacial score (nSPS) is 20.2. The highest BCUT2D eigenvalue weighted by Gasteiger charge is 2.31. The molecule has 4 saturated heterocycles. The molecule has 0 bridgehead atoms. The van der Waals surface area contributed by atoms with Crippen LogP contribution in [0.2, 0.25) is 0 Å². The van der Waals surface area contributed by atoms with E-state index in [0.29, 0.717) is 82.5 Å². The predicted molar refractivity (Wildman–Crippen MR) is 260 cm³/mol. The van der Waals surface area contributed by atoms with Crippen LogP contribution in [0.1, 0.15) is 79.6 Å². The summed E-state index contributed by atoms with van der Waals surface area (Å²) in [6.07, 6.45) is 3.68. The first-order chi connectivity index (χ1) is 32.8. The zero-order valence-corrected chi connectivity index (χ0v) is 40.3. The first-order valence-corrected chi connectivity index (χ1v) is 24.8. The van der Waals surface area contributed by atoms with Crippen LogP contribution in [0.15, 0.2) is 71.5 Å². The number of halogens is 1. The van der Waals surface area contributed by atoms with Crippen LogP contribution in [0.5, 0.6) is 5.75 Å². The molecule has 368 valence electrons. The number of β-amino-alcohol motifs (C(OH)–C–C–N with tert-alkyl or cyclic N) is 1. The van der Waals surface area contributed by atoms with Gasteiger partial charge in [-0.2, -0.15) is 5.10 Å². The molecule has 16 heteroatoms. The SMILES string of the molecule is CC(C)(C)OC(=O)N1CCCC(c2cccc(OCCOCCN3CCN(CC4CCN(CC(O)N5CCN(C(=O)c6cc(Cc7n[nH]c(=O)c8ccccc78)ccc6F)CC5)CC4)CC3)c2)C1. The van der Waals surface area contributed by atoms with Gasteiger partial charge < -0.3 is 34.0 Å². The van der Waals surface area contributed by atoms with Gasteiger partial charge in [0.05, 0.1) is 29.9 Å². The predicted octanol–water partition coefficient (Wildman–Crippen LogP) is 5.27. The van der Waals surface area contributed by atoms with Crippen molar-refractivity contribution in [3.05, 3.63) is 105 Å². The summed E-state index contributed by atoms with van der Waals surface area (Å²) < 4.78 is 32.7. The Morgan fingerprint density at radius 3 is 2.32 bits per heavy atom. The summed E-state index contributed by atoms with van der Waals surface area (Å²) >= 11 is 0. The second-order valence-electron chi connectivity index (χ2n) is 20.0. The fourth-order valence-electron chi connectivity index (χ4n) is 10.1. The van der Waals surface area contributed by atoms with E-state index in [1.807, 2.05) is 54.8 Å². The number of amides is 2. The number of carbonyl (C=O) groups excluding carboxylic acids is 2. The van der Waals surface area contributed by atoms with Crippen LogP contribution >= 0.6 is 0 Å². The number of benzene rings is 3. The molecule has 0 saturated carbocycles. The summed E-state index contributed by atoms with van der Waals surface area (Å²) in [5.74, 6) is 0.800. The van der Waals surface area contributed by atoms with Gasteiger partial charge in [0.1, 0.15) is 30.0 Å². The van der Waals surface area contributed by atoms with Gasteiger partial charge in [-0.25, -0.2) is 14.3 Å². The van der Waals surface area contributed by atoms with E-state index in [4.69, 9.17) is 14.2 Å². The second-order valence-corrected chi connectivity index (χ2v) is 20.0. The van der Waals surface area contributed by atoms with Gasteiger partial charge in [0.15, 0.2) is 0 Å². The van der Waals surface area contributed by atoms with Gasteiger partial charge in [0.25, 0.3) is 11.5 Å². The van der Waals surface area contributed by atoms with E-state index in [1.165, 1.54) is 11.6 Å². The monoisotopic (exact) mass is 939 g/mol. The number of aliphatic hydroxyl groups excluding tert-OH is 1. The third kappa shape index (κ3) is 13.4. The lowest BCUT2D eigenvalue weighted by atomic mass is 9.91. The Morgan fingerprint density at radius 2 is 1.56 bits per heavy atom. The molecule has 3 aromatic carbocycles. The van der Waals surface area contributed by atoms with E-state index in [1.54, 1.807) is 29.2 Å². The molecule has 0 spiro atoms. The van der Waals surface area contributed by atoms with E-state index in [0.717, 1.165) is 101 Å². The number of piperidine rings is 2. The molecule has 8 rings (SSSR count). The van der Waals surface area contributed by atoms with Crippen LogP contribution in [-0.4, -0.2) is 187 Å².